The maximum Gasteiger partial charge on any atom is 0.336 e. The van der Waals surface area contributed by atoms with Gasteiger partial charge in [-0.3, -0.25) is 4.68 Å². The van der Waals surface area contributed by atoms with Crippen LogP contribution in [0.1, 0.15) is 10.4 Å². The van der Waals surface area contributed by atoms with Gasteiger partial charge in [-0.05, 0) is 12.1 Å². The monoisotopic (exact) mass is 254 g/mol. The predicted octanol–water partition coefficient (Wildman–Crippen LogP) is 2.03. The first-order valence-electron chi connectivity index (χ1n) is 3.94. The van der Waals surface area contributed by atoms with Crippen molar-refractivity contribution in [1.29, 1.82) is 0 Å². The van der Waals surface area contributed by atoms with Gasteiger partial charge >= 0.3 is 5.97 Å². The van der Waals surface area contributed by atoms with Crippen molar-refractivity contribution in [3.63, 3.8) is 0 Å². The van der Waals surface area contributed by atoms with E-state index in [1.165, 1.54) is 0 Å². The molecule has 0 saturated heterocycles. The third-order valence-electron chi connectivity index (χ3n) is 1.93. The van der Waals surface area contributed by atoms with Crippen molar-refractivity contribution < 1.29 is 9.90 Å². The van der Waals surface area contributed by atoms with Crippen LogP contribution in [-0.4, -0.2) is 20.9 Å². The van der Waals surface area contributed by atoms with Gasteiger partial charge in [-0.25, -0.2) is 4.79 Å². The number of hydrogen-bond donors (Lipinski definition) is 1. The van der Waals surface area contributed by atoms with Crippen molar-refractivity contribution in [1.82, 2.24) is 9.78 Å². The van der Waals surface area contributed by atoms with Gasteiger partial charge in [-0.1, -0.05) is 15.9 Å². The van der Waals surface area contributed by atoms with Crippen LogP contribution in [0.4, 0.5) is 0 Å². The van der Waals surface area contributed by atoms with Gasteiger partial charge in [0.25, 0.3) is 0 Å². The highest BCUT2D eigenvalue weighted by Crippen LogP contribution is 2.23. The number of fused-ring (bicyclic) bond motifs is 1. The molecule has 1 heterocycles. The number of aryl methyl sites for hydroxylation is 1. The Morgan fingerprint density at radius 1 is 1.57 bits per heavy atom. The van der Waals surface area contributed by atoms with Crippen molar-refractivity contribution in [2.24, 2.45) is 7.05 Å². The minimum absolute atomic E-state index is 0.266. The lowest BCUT2D eigenvalue weighted by Crippen LogP contribution is -1.96. The second kappa shape index (κ2) is 3.09. The molecule has 0 spiro atoms. The molecular formula is C9H7BrN2O2. The molecule has 0 atom stereocenters. The van der Waals surface area contributed by atoms with Gasteiger partial charge in [0.2, 0.25) is 0 Å². The van der Waals surface area contributed by atoms with E-state index in [1.54, 1.807) is 30.1 Å². The Morgan fingerprint density at radius 3 is 2.93 bits per heavy atom. The largest absolute Gasteiger partial charge is 0.478 e. The van der Waals surface area contributed by atoms with Gasteiger partial charge in [0.05, 0.1) is 11.1 Å². The molecule has 4 nitrogen and oxygen atoms in total. The molecule has 14 heavy (non-hydrogen) atoms. The van der Waals surface area contributed by atoms with Gasteiger partial charge in [-0.2, -0.15) is 5.10 Å². The molecule has 0 aliphatic heterocycles. The molecule has 2 aromatic rings. The van der Waals surface area contributed by atoms with Crippen LogP contribution >= 0.6 is 15.9 Å². The lowest BCUT2D eigenvalue weighted by Gasteiger charge is -1.96. The number of benzene rings is 1. The number of aromatic nitrogens is 2. The lowest BCUT2D eigenvalue weighted by atomic mass is 10.1. The van der Waals surface area contributed by atoms with Crippen molar-refractivity contribution in [3.05, 3.63) is 28.4 Å². The Bertz CT molecular complexity index is 519. The first kappa shape index (κ1) is 9.21. The molecule has 0 aliphatic carbocycles. The Morgan fingerprint density at radius 2 is 2.29 bits per heavy atom. The third-order valence-corrected chi connectivity index (χ3v) is 2.39. The van der Waals surface area contributed by atoms with E-state index in [2.05, 4.69) is 21.0 Å². The minimum atomic E-state index is -0.940. The molecule has 0 unspecified atom stereocenters. The maximum absolute atomic E-state index is 10.9. The van der Waals surface area contributed by atoms with Gasteiger partial charge < -0.3 is 5.11 Å². The normalized spacial score (nSPS) is 10.7. The molecule has 0 saturated carbocycles. The van der Waals surface area contributed by atoms with Crippen LogP contribution in [0.5, 0.6) is 0 Å². The number of hydrogen-bond acceptors (Lipinski definition) is 2. The van der Waals surface area contributed by atoms with E-state index in [1.807, 2.05) is 0 Å². The second-order valence-electron chi connectivity index (χ2n) is 2.99. The lowest BCUT2D eigenvalue weighted by molar-refractivity contribution is 0.0699. The van der Waals surface area contributed by atoms with Gasteiger partial charge in [0.15, 0.2) is 0 Å². The summed E-state index contributed by atoms with van der Waals surface area (Å²) in [6.07, 6.45) is 1.70. The highest BCUT2D eigenvalue weighted by Gasteiger charge is 2.11. The molecule has 1 aromatic heterocycles. The molecule has 2 rings (SSSR count). The molecule has 0 aliphatic rings. The number of aromatic carboxylic acids is 1. The summed E-state index contributed by atoms with van der Waals surface area (Å²) in [5.41, 5.74) is 0.946. The molecule has 1 aromatic carbocycles. The Labute approximate surface area is 88.3 Å². The zero-order valence-electron chi connectivity index (χ0n) is 7.36. The Balaban J connectivity index is 2.85. The van der Waals surface area contributed by atoms with E-state index in [0.717, 1.165) is 4.47 Å². The smallest absolute Gasteiger partial charge is 0.336 e. The van der Waals surface area contributed by atoms with E-state index in [0.29, 0.717) is 10.9 Å². The summed E-state index contributed by atoms with van der Waals surface area (Å²) in [4.78, 5) is 10.9. The highest BCUT2D eigenvalue weighted by molar-refractivity contribution is 9.10. The Hall–Kier alpha value is -1.36. The first-order chi connectivity index (χ1) is 6.58. The average molecular weight is 255 g/mol. The summed E-state index contributed by atoms with van der Waals surface area (Å²) in [5, 5.41) is 13.8. The predicted molar refractivity (Wildman–Crippen MR) is 55.4 cm³/mol. The van der Waals surface area contributed by atoms with Crippen LogP contribution in [-0.2, 0) is 7.05 Å². The van der Waals surface area contributed by atoms with Crippen LogP contribution < -0.4 is 0 Å². The van der Waals surface area contributed by atoms with Crippen molar-refractivity contribution in [2.45, 2.75) is 0 Å². The van der Waals surface area contributed by atoms with Crippen molar-refractivity contribution in [2.75, 3.05) is 0 Å². The highest BCUT2D eigenvalue weighted by atomic mass is 79.9. The average Bonchev–Trinajstić information content (AvgIpc) is 2.42. The summed E-state index contributed by atoms with van der Waals surface area (Å²) < 4.78 is 2.32. The van der Waals surface area contributed by atoms with E-state index in [-0.39, 0.29) is 5.56 Å². The third kappa shape index (κ3) is 1.39. The number of nitrogens with zero attached hydrogens (tertiary/aromatic N) is 2. The quantitative estimate of drug-likeness (QED) is 0.848. The molecule has 72 valence electrons. The molecule has 1 N–H and O–H groups in total. The summed E-state index contributed by atoms with van der Waals surface area (Å²) in [5.74, 6) is -0.940. The summed E-state index contributed by atoms with van der Waals surface area (Å²) in [7, 11) is 1.76. The molecule has 5 heteroatoms. The Kier molecular flexibility index (Phi) is 2.03. The zero-order valence-corrected chi connectivity index (χ0v) is 8.95. The van der Waals surface area contributed by atoms with E-state index in [9.17, 15) is 4.79 Å². The van der Waals surface area contributed by atoms with Crippen molar-refractivity contribution in [3.8, 4) is 0 Å². The fraction of sp³-hybridized carbons (Fsp3) is 0.111. The van der Waals surface area contributed by atoms with Crippen LogP contribution in [0.25, 0.3) is 10.9 Å². The SMILES string of the molecule is Cn1cc2c(C(=O)O)cc(Br)cc2n1. The van der Waals surface area contributed by atoms with E-state index < -0.39 is 5.97 Å². The molecule has 0 amide bonds. The zero-order chi connectivity index (χ0) is 10.3. The first-order valence-corrected chi connectivity index (χ1v) is 4.73. The topological polar surface area (TPSA) is 55.1 Å². The molecular weight excluding hydrogens is 248 g/mol. The second-order valence-corrected chi connectivity index (χ2v) is 3.91. The van der Waals surface area contributed by atoms with Crippen molar-refractivity contribution >= 4 is 32.8 Å². The standard InChI is InChI=1S/C9H7BrN2O2/c1-12-4-7-6(9(13)14)2-5(10)3-8(7)11-12/h2-4H,1H3,(H,13,14). The number of carboxylic acids is 1. The maximum atomic E-state index is 10.9. The fourth-order valence-electron chi connectivity index (χ4n) is 1.38. The number of carboxylic acid groups (broad SMARTS) is 1. The van der Waals surface area contributed by atoms with Gasteiger partial charge in [-0.15, -0.1) is 0 Å². The summed E-state index contributed by atoms with van der Waals surface area (Å²) in [6, 6.07) is 3.37. The molecule has 0 fully saturated rings. The minimum Gasteiger partial charge on any atom is -0.478 e. The number of carbonyl (C=O) groups is 1. The van der Waals surface area contributed by atoms with Gasteiger partial charge in [0, 0.05) is 23.1 Å². The number of rotatable bonds is 1. The summed E-state index contributed by atoms with van der Waals surface area (Å²) >= 11 is 3.25. The van der Waals surface area contributed by atoms with Gasteiger partial charge in [0.1, 0.15) is 0 Å². The molecule has 0 radical (unpaired) electrons. The molecule has 0 bridgehead atoms. The van der Waals surface area contributed by atoms with Crippen LogP contribution in [0.3, 0.4) is 0 Å². The van der Waals surface area contributed by atoms with E-state index >= 15 is 0 Å². The van der Waals surface area contributed by atoms with Crippen LogP contribution in [0.15, 0.2) is 22.8 Å². The van der Waals surface area contributed by atoms with E-state index in [4.69, 9.17) is 5.11 Å². The fourth-order valence-corrected chi connectivity index (χ4v) is 1.83. The number of halogens is 1. The van der Waals surface area contributed by atoms with Crippen LogP contribution in [0.2, 0.25) is 0 Å². The summed E-state index contributed by atoms with van der Waals surface area (Å²) in [6.45, 7) is 0. The van der Waals surface area contributed by atoms with Crippen LogP contribution in [0, 0.1) is 0 Å².